The first-order valence-electron chi connectivity index (χ1n) is 8.28. The number of amides is 1. The van der Waals surface area contributed by atoms with Gasteiger partial charge in [0, 0.05) is 11.8 Å². The van der Waals surface area contributed by atoms with Crippen LogP contribution in [0.2, 0.25) is 0 Å². The van der Waals surface area contributed by atoms with E-state index in [1.54, 1.807) is 0 Å². The number of rotatable bonds is 14. The molecule has 118 valence electrons. The monoisotopic (exact) mass is 299 g/mol. The number of carbonyl (C=O) groups is 1. The highest BCUT2D eigenvalue weighted by Crippen LogP contribution is 2.12. The molecule has 0 aliphatic heterocycles. The Morgan fingerprint density at radius 1 is 1.05 bits per heavy atom. The van der Waals surface area contributed by atoms with Crippen molar-refractivity contribution in [3.63, 3.8) is 0 Å². The number of nitrogens with one attached hydrogen (secondary N) is 1. The van der Waals surface area contributed by atoms with E-state index in [1.165, 1.54) is 70.3 Å². The van der Waals surface area contributed by atoms with Gasteiger partial charge in [-0.1, -0.05) is 77.7 Å². The molecule has 1 amide bonds. The number of hydrogen-bond donors (Lipinski definition) is 2. The van der Waals surface area contributed by atoms with E-state index in [0.717, 1.165) is 6.42 Å². The second-order valence-corrected chi connectivity index (χ2v) is 5.93. The zero-order valence-electron chi connectivity index (χ0n) is 13.2. The largest absolute Gasteiger partial charge is 0.349 e. The molecule has 0 bridgehead atoms. The fourth-order valence-corrected chi connectivity index (χ4v) is 2.62. The molecule has 0 saturated carbocycles. The summed E-state index contributed by atoms with van der Waals surface area (Å²) in [4.78, 5) is 11.2. The summed E-state index contributed by atoms with van der Waals surface area (Å²) >= 11 is 4.28. The topological polar surface area (TPSA) is 29.1 Å². The van der Waals surface area contributed by atoms with Crippen molar-refractivity contribution in [1.29, 1.82) is 0 Å². The van der Waals surface area contributed by atoms with Crippen LogP contribution in [-0.2, 0) is 4.79 Å². The minimum atomic E-state index is -0.0869. The van der Waals surface area contributed by atoms with Crippen molar-refractivity contribution >= 4 is 18.5 Å². The molecule has 20 heavy (non-hydrogen) atoms. The van der Waals surface area contributed by atoms with Crippen molar-refractivity contribution in [2.24, 2.45) is 0 Å². The third-order valence-corrected chi connectivity index (χ3v) is 4.10. The molecule has 2 nitrogen and oxygen atoms in total. The SMILES string of the molecule is C=CC(=O)NC(CS)CCCCCCCCCCCC. The minimum Gasteiger partial charge on any atom is -0.349 e. The van der Waals surface area contributed by atoms with Gasteiger partial charge in [-0.15, -0.1) is 0 Å². The zero-order valence-corrected chi connectivity index (χ0v) is 14.1. The van der Waals surface area contributed by atoms with Crippen LogP contribution in [0.5, 0.6) is 0 Å². The molecule has 3 heteroatoms. The Labute approximate surface area is 131 Å². The molecular weight excluding hydrogens is 266 g/mol. The lowest BCUT2D eigenvalue weighted by atomic mass is 10.0. The summed E-state index contributed by atoms with van der Waals surface area (Å²) in [5.41, 5.74) is 0. The normalized spacial score (nSPS) is 12.1. The van der Waals surface area contributed by atoms with Gasteiger partial charge in [0.2, 0.25) is 5.91 Å². The first kappa shape index (κ1) is 19.6. The van der Waals surface area contributed by atoms with Crippen molar-refractivity contribution in [1.82, 2.24) is 5.32 Å². The van der Waals surface area contributed by atoms with Crippen LogP contribution in [-0.4, -0.2) is 17.7 Å². The lowest BCUT2D eigenvalue weighted by molar-refractivity contribution is -0.117. The van der Waals surface area contributed by atoms with Gasteiger partial charge in [-0.2, -0.15) is 12.6 Å². The van der Waals surface area contributed by atoms with Crippen molar-refractivity contribution < 1.29 is 4.79 Å². The van der Waals surface area contributed by atoms with E-state index in [1.807, 2.05) is 0 Å². The van der Waals surface area contributed by atoms with Gasteiger partial charge in [0.25, 0.3) is 0 Å². The number of unbranched alkanes of at least 4 members (excludes halogenated alkanes) is 9. The molecule has 0 aromatic rings. The molecule has 0 aromatic heterocycles. The summed E-state index contributed by atoms with van der Waals surface area (Å²) in [6, 6.07) is 0.192. The Bertz CT molecular complexity index is 243. The van der Waals surface area contributed by atoms with Gasteiger partial charge in [-0.25, -0.2) is 0 Å². The van der Waals surface area contributed by atoms with Crippen LogP contribution < -0.4 is 5.32 Å². The molecular formula is C17H33NOS. The van der Waals surface area contributed by atoms with E-state index >= 15 is 0 Å². The molecule has 0 rings (SSSR count). The highest BCUT2D eigenvalue weighted by atomic mass is 32.1. The fraction of sp³-hybridized carbons (Fsp3) is 0.824. The summed E-state index contributed by atoms with van der Waals surface area (Å²) < 4.78 is 0. The molecule has 0 heterocycles. The number of carbonyl (C=O) groups excluding carboxylic acids is 1. The van der Waals surface area contributed by atoms with Gasteiger partial charge < -0.3 is 5.32 Å². The Kier molecular flexibility index (Phi) is 14.6. The molecule has 1 unspecified atom stereocenters. The van der Waals surface area contributed by atoms with E-state index in [4.69, 9.17) is 0 Å². The van der Waals surface area contributed by atoms with Crippen molar-refractivity contribution in [3.05, 3.63) is 12.7 Å². The molecule has 1 atom stereocenters. The number of thiol groups is 1. The average Bonchev–Trinajstić information content (AvgIpc) is 2.47. The Morgan fingerprint density at radius 2 is 1.55 bits per heavy atom. The van der Waals surface area contributed by atoms with Gasteiger partial charge in [-0.05, 0) is 12.5 Å². The smallest absolute Gasteiger partial charge is 0.243 e. The Balaban J connectivity index is 3.33. The molecule has 0 saturated heterocycles. The highest BCUT2D eigenvalue weighted by Gasteiger charge is 2.07. The fourth-order valence-electron chi connectivity index (χ4n) is 2.35. The molecule has 0 fully saturated rings. The summed E-state index contributed by atoms with van der Waals surface area (Å²) in [5.74, 6) is 0.618. The lowest BCUT2D eigenvalue weighted by Gasteiger charge is -2.15. The quantitative estimate of drug-likeness (QED) is 0.267. The molecule has 0 radical (unpaired) electrons. The van der Waals surface area contributed by atoms with Gasteiger partial charge >= 0.3 is 0 Å². The van der Waals surface area contributed by atoms with E-state index < -0.39 is 0 Å². The summed E-state index contributed by atoms with van der Waals surface area (Å²) in [7, 11) is 0. The van der Waals surface area contributed by atoms with Gasteiger partial charge in [0.1, 0.15) is 0 Å². The van der Waals surface area contributed by atoms with Crippen LogP contribution in [0, 0.1) is 0 Å². The van der Waals surface area contributed by atoms with Crippen molar-refractivity contribution in [2.45, 2.75) is 83.6 Å². The maximum Gasteiger partial charge on any atom is 0.243 e. The van der Waals surface area contributed by atoms with Crippen molar-refractivity contribution in [2.75, 3.05) is 5.75 Å². The van der Waals surface area contributed by atoms with E-state index in [0.29, 0.717) is 5.75 Å². The van der Waals surface area contributed by atoms with Crippen LogP contribution in [0.3, 0.4) is 0 Å². The van der Waals surface area contributed by atoms with Crippen LogP contribution in [0.1, 0.15) is 77.6 Å². The molecule has 0 spiro atoms. The third kappa shape index (κ3) is 12.6. The summed E-state index contributed by atoms with van der Waals surface area (Å²) in [5, 5.41) is 2.91. The molecule has 0 aliphatic carbocycles. The number of hydrogen-bond acceptors (Lipinski definition) is 2. The van der Waals surface area contributed by atoms with Crippen molar-refractivity contribution in [3.8, 4) is 0 Å². The molecule has 0 aromatic carbocycles. The highest BCUT2D eigenvalue weighted by molar-refractivity contribution is 7.80. The van der Waals surface area contributed by atoms with Crippen LogP contribution in [0.4, 0.5) is 0 Å². The second kappa shape index (κ2) is 15.0. The summed E-state index contributed by atoms with van der Waals surface area (Å²) in [6.07, 6.45) is 15.8. The van der Waals surface area contributed by atoms with Crippen LogP contribution >= 0.6 is 12.6 Å². The van der Waals surface area contributed by atoms with Crippen LogP contribution in [0.15, 0.2) is 12.7 Å². The third-order valence-electron chi connectivity index (χ3n) is 3.66. The van der Waals surface area contributed by atoms with Gasteiger partial charge in [0.05, 0.1) is 0 Å². The maximum absolute atomic E-state index is 11.2. The predicted molar refractivity (Wildman–Crippen MR) is 92.4 cm³/mol. The average molecular weight is 300 g/mol. The van der Waals surface area contributed by atoms with Gasteiger partial charge in [-0.3, -0.25) is 4.79 Å². The predicted octanol–water partition coefficient (Wildman–Crippen LogP) is 4.90. The van der Waals surface area contributed by atoms with Crippen LogP contribution in [0.25, 0.3) is 0 Å². The first-order chi connectivity index (χ1) is 9.74. The Hall–Kier alpha value is -0.440. The Morgan fingerprint density at radius 3 is 2.00 bits per heavy atom. The summed E-state index contributed by atoms with van der Waals surface area (Å²) in [6.45, 7) is 5.73. The molecule has 0 aliphatic rings. The van der Waals surface area contributed by atoms with E-state index in [2.05, 4.69) is 31.4 Å². The molecule has 1 N–H and O–H groups in total. The second-order valence-electron chi connectivity index (χ2n) is 5.56. The zero-order chi connectivity index (χ0) is 15.1. The minimum absolute atomic E-state index is 0.0869. The first-order valence-corrected chi connectivity index (χ1v) is 8.91. The van der Waals surface area contributed by atoms with E-state index in [9.17, 15) is 4.79 Å². The lowest BCUT2D eigenvalue weighted by Crippen LogP contribution is -2.34. The van der Waals surface area contributed by atoms with E-state index in [-0.39, 0.29) is 11.9 Å². The standard InChI is InChI=1S/C17H33NOS/c1-3-5-6-7-8-9-10-11-12-13-14-16(15-20)18-17(19)4-2/h4,16,20H,2-3,5-15H2,1H3,(H,18,19). The van der Waals surface area contributed by atoms with Gasteiger partial charge in [0.15, 0.2) is 0 Å². The maximum atomic E-state index is 11.2.